The Balaban J connectivity index is 1.56. The molecule has 0 bridgehead atoms. The van der Waals surface area contributed by atoms with E-state index in [1.54, 1.807) is 51.7 Å². The molecule has 0 unspecified atom stereocenters. The minimum absolute atomic E-state index is 0.0848. The molecule has 2 aromatic carbocycles. The van der Waals surface area contributed by atoms with Gasteiger partial charge in [0.25, 0.3) is 5.91 Å². The van der Waals surface area contributed by atoms with E-state index >= 15 is 0 Å². The van der Waals surface area contributed by atoms with Crippen LogP contribution in [0, 0.1) is 0 Å². The number of rotatable bonds is 5. The Morgan fingerprint density at radius 1 is 1.00 bits per heavy atom. The summed E-state index contributed by atoms with van der Waals surface area (Å²) in [6.07, 6.45) is 3.56. The fourth-order valence-electron chi connectivity index (χ4n) is 4.02. The van der Waals surface area contributed by atoms with Gasteiger partial charge in [-0.3, -0.25) is 4.79 Å². The number of fused-ring (bicyclic) bond motifs is 1. The van der Waals surface area contributed by atoms with Gasteiger partial charge in [-0.05, 0) is 74.2 Å². The predicted octanol–water partition coefficient (Wildman–Crippen LogP) is 3.46. The molecule has 0 atom stereocenters. The summed E-state index contributed by atoms with van der Waals surface area (Å²) in [5, 5.41) is 0. The predicted molar refractivity (Wildman–Crippen MR) is 112 cm³/mol. The molecule has 0 spiro atoms. The van der Waals surface area contributed by atoms with Crippen molar-refractivity contribution in [2.75, 3.05) is 31.1 Å². The van der Waals surface area contributed by atoms with Gasteiger partial charge in [0.2, 0.25) is 10.0 Å². The highest BCUT2D eigenvalue weighted by molar-refractivity contribution is 7.89. The first-order chi connectivity index (χ1) is 14.0. The zero-order valence-corrected chi connectivity index (χ0v) is 17.5. The topological polar surface area (TPSA) is 66.9 Å². The van der Waals surface area contributed by atoms with Gasteiger partial charge < -0.3 is 9.64 Å². The number of hydrogen-bond acceptors (Lipinski definition) is 4. The van der Waals surface area contributed by atoms with Gasteiger partial charge in [0.05, 0.1) is 11.5 Å². The second-order valence-corrected chi connectivity index (χ2v) is 9.36. The molecule has 2 aromatic rings. The third-order valence-electron chi connectivity index (χ3n) is 5.56. The van der Waals surface area contributed by atoms with Crippen LogP contribution in [0.1, 0.15) is 42.1 Å². The standard InChI is InChI=1S/C22H26N2O4S/c1-2-28-19-8-6-17(7-9-19)22(25)24-15-12-18-16-20(10-11-21(18)24)29(26,27)23-13-4-3-5-14-23/h6-11,16H,2-5,12-15H2,1H3. The van der Waals surface area contributed by atoms with E-state index in [2.05, 4.69) is 0 Å². The van der Waals surface area contributed by atoms with Gasteiger partial charge in [0.15, 0.2) is 0 Å². The lowest BCUT2D eigenvalue weighted by atomic mass is 10.1. The van der Waals surface area contributed by atoms with Crippen LogP contribution in [0.15, 0.2) is 47.4 Å². The Morgan fingerprint density at radius 3 is 2.41 bits per heavy atom. The first-order valence-corrected chi connectivity index (χ1v) is 11.6. The molecule has 1 fully saturated rings. The highest BCUT2D eigenvalue weighted by Crippen LogP contribution is 2.33. The van der Waals surface area contributed by atoms with Crippen molar-refractivity contribution in [2.45, 2.75) is 37.5 Å². The van der Waals surface area contributed by atoms with Gasteiger partial charge in [0.1, 0.15) is 5.75 Å². The number of carbonyl (C=O) groups is 1. The number of piperidine rings is 1. The zero-order valence-electron chi connectivity index (χ0n) is 16.6. The lowest BCUT2D eigenvalue weighted by molar-refractivity contribution is 0.0989. The largest absolute Gasteiger partial charge is 0.494 e. The van der Waals surface area contributed by atoms with Crippen molar-refractivity contribution in [1.82, 2.24) is 4.31 Å². The Hall–Kier alpha value is -2.38. The Bertz CT molecular complexity index is 996. The molecule has 2 heterocycles. The van der Waals surface area contributed by atoms with Crippen molar-refractivity contribution in [3.63, 3.8) is 0 Å². The van der Waals surface area contributed by atoms with Gasteiger partial charge in [-0.2, -0.15) is 4.31 Å². The van der Waals surface area contributed by atoms with E-state index in [4.69, 9.17) is 4.74 Å². The molecular formula is C22H26N2O4S. The molecule has 6 nitrogen and oxygen atoms in total. The van der Waals surface area contributed by atoms with Crippen molar-refractivity contribution in [1.29, 1.82) is 0 Å². The Morgan fingerprint density at radius 2 is 1.72 bits per heavy atom. The van der Waals surface area contributed by atoms with Crippen LogP contribution in [-0.2, 0) is 16.4 Å². The molecule has 154 valence electrons. The normalized spacial score (nSPS) is 17.2. The quantitative estimate of drug-likeness (QED) is 0.751. The summed E-state index contributed by atoms with van der Waals surface area (Å²) < 4.78 is 32.9. The summed E-state index contributed by atoms with van der Waals surface area (Å²) in [6.45, 7) is 4.22. The second kappa shape index (κ2) is 8.16. The number of hydrogen-bond donors (Lipinski definition) is 0. The van der Waals surface area contributed by atoms with Gasteiger partial charge in [-0.25, -0.2) is 8.42 Å². The van der Waals surface area contributed by atoms with Gasteiger partial charge in [0, 0.05) is 30.9 Å². The van der Waals surface area contributed by atoms with E-state index < -0.39 is 10.0 Å². The van der Waals surface area contributed by atoms with E-state index in [0.29, 0.717) is 43.1 Å². The molecule has 0 saturated carbocycles. The lowest BCUT2D eigenvalue weighted by Crippen LogP contribution is -2.35. The monoisotopic (exact) mass is 414 g/mol. The van der Waals surface area contributed by atoms with Crippen molar-refractivity contribution < 1.29 is 17.9 Å². The van der Waals surface area contributed by atoms with Crippen LogP contribution >= 0.6 is 0 Å². The van der Waals surface area contributed by atoms with E-state index in [1.165, 1.54) is 0 Å². The summed E-state index contributed by atoms with van der Waals surface area (Å²) in [5.74, 6) is 0.650. The van der Waals surface area contributed by atoms with Crippen molar-refractivity contribution in [3.8, 4) is 5.75 Å². The molecule has 29 heavy (non-hydrogen) atoms. The summed E-state index contributed by atoms with van der Waals surface area (Å²) in [7, 11) is -3.47. The lowest BCUT2D eigenvalue weighted by Gasteiger charge is -2.26. The average molecular weight is 415 g/mol. The van der Waals surface area contributed by atoms with Crippen LogP contribution in [0.2, 0.25) is 0 Å². The zero-order chi connectivity index (χ0) is 20.4. The molecule has 0 aromatic heterocycles. The SMILES string of the molecule is CCOc1ccc(C(=O)N2CCc3cc(S(=O)(=O)N4CCCCC4)ccc32)cc1. The van der Waals surface area contributed by atoms with Crippen LogP contribution in [0.5, 0.6) is 5.75 Å². The number of sulfonamides is 1. The Labute approximate surface area is 172 Å². The van der Waals surface area contributed by atoms with Crippen molar-refractivity contribution >= 4 is 21.6 Å². The molecule has 1 saturated heterocycles. The minimum Gasteiger partial charge on any atom is -0.494 e. The first-order valence-electron chi connectivity index (χ1n) is 10.2. The highest BCUT2D eigenvalue weighted by Gasteiger charge is 2.30. The minimum atomic E-state index is -3.47. The van der Waals surface area contributed by atoms with Gasteiger partial charge >= 0.3 is 0 Å². The number of amides is 1. The average Bonchev–Trinajstić information content (AvgIpc) is 3.18. The first kappa shape index (κ1) is 19.9. The maximum Gasteiger partial charge on any atom is 0.258 e. The number of carbonyl (C=O) groups excluding carboxylic acids is 1. The molecule has 0 N–H and O–H groups in total. The summed E-state index contributed by atoms with van der Waals surface area (Å²) in [5.41, 5.74) is 2.29. The summed E-state index contributed by atoms with van der Waals surface area (Å²) >= 11 is 0. The van der Waals surface area contributed by atoms with Crippen LogP contribution in [0.3, 0.4) is 0 Å². The number of anilines is 1. The smallest absolute Gasteiger partial charge is 0.258 e. The van der Waals surface area contributed by atoms with E-state index in [-0.39, 0.29) is 5.91 Å². The van der Waals surface area contributed by atoms with Gasteiger partial charge in [-0.15, -0.1) is 0 Å². The maximum absolute atomic E-state index is 13.0. The van der Waals surface area contributed by atoms with E-state index in [9.17, 15) is 13.2 Å². The number of nitrogens with zero attached hydrogens (tertiary/aromatic N) is 2. The summed E-state index contributed by atoms with van der Waals surface area (Å²) in [6, 6.07) is 12.3. The fraction of sp³-hybridized carbons (Fsp3) is 0.409. The molecule has 1 amide bonds. The van der Waals surface area contributed by atoms with Crippen LogP contribution in [-0.4, -0.2) is 44.9 Å². The summed E-state index contributed by atoms with van der Waals surface area (Å²) in [4.78, 5) is 15.0. The van der Waals surface area contributed by atoms with Crippen molar-refractivity contribution in [3.05, 3.63) is 53.6 Å². The molecule has 2 aliphatic rings. The number of benzene rings is 2. The van der Waals surface area contributed by atoms with Gasteiger partial charge in [-0.1, -0.05) is 6.42 Å². The maximum atomic E-state index is 13.0. The fourth-order valence-corrected chi connectivity index (χ4v) is 5.59. The third-order valence-corrected chi connectivity index (χ3v) is 7.45. The molecule has 0 aliphatic carbocycles. The second-order valence-electron chi connectivity index (χ2n) is 7.42. The van der Waals surface area contributed by atoms with Crippen molar-refractivity contribution in [2.24, 2.45) is 0 Å². The highest BCUT2D eigenvalue weighted by atomic mass is 32.2. The number of ether oxygens (including phenoxy) is 1. The van der Waals surface area contributed by atoms with E-state index in [1.807, 2.05) is 6.92 Å². The molecule has 7 heteroatoms. The molecular weight excluding hydrogens is 388 g/mol. The molecule has 2 aliphatic heterocycles. The molecule has 0 radical (unpaired) electrons. The van der Waals surface area contributed by atoms with Crippen LogP contribution < -0.4 is 9.64 Å². The third kappa shape index (κ3) is 3.89. The Kier molecular flexibility index (Phi) is 5.61. The molecule has 4 rings (SSSR count). The van der Waals surface area contributed by atoms with E-state index in [0.717, 1.165) is 36.3 Å². The van der Waals surface area contributed by atoms with Crippen LogP contribution in [0.25, 0.3) is 0 Å². The van der Waals surface area contributed by atoms with Crippen LogP contribution in [0.4, 0.5) is 5.69 Å².